The van der Waals surface area contributed by atoms with E-state index in [0.29, 0.717) is 17.3 Å². The summed E-state index contributed by atoms with van der Waals surface area (Å²) in [5.74, 6) is 0.386. The second-order valence-corrected chi connectivity index (χ2v) is 10.1. The minimum absolute atomic E-state index is 0.244. The molecule has 0 N–H and O–H groups in total. The Morgan fingerprint density at radius 1 is 0.853 bits per heavy atom. The monoisotopic (exact) mass is 577 g/mol. The molecular weight excluding hydrogens is 557 g/mol. The number of nitrogens with zero attached hydrogens (tertiary/aromatic N) is 1. The van der Waals surface area contributed by atoms with Crippen molar-refractivity contribution in [2.24, 2.45) is 0 Å². The maximum absolute atomic E-state index is 13.2. The number of fused-ring (bicyclic) bond motifs is 1. The van der Waals surface area contributed by atoms with Crippen LogP contribution in [0.15, 0.2) is 95.9 Å². The summed E-state index contributed by atoms with van der Waals surface area (Å²) >= 11 is 3.24. The first-order valence-corrected chi connectivity index (χ1v) is 12.7. The molecule has 0 spiro atoms. The van der Waals surface area contributed by atoms with Crippen LogP contribution in [0.4, 0.5) is 4.79 Å². The Bertz CT molecular complexity index is 1410. The Morgan fingerprint density at radius 3 is 2.44 bits per heavy atom. The van der Waals surface area contributed by atoms with Gasteiger partial charge in [-0.05, 0) is 80.5 Å². The van der Waals surface area contributed by atoms with Crippen molar-refractivity contribution in [1.29, 1.82) is 0 Å². The highest BCUT2D eigenvalue weighted by molar-refractivity contribution is 14.1. The van der Waals surface area contributed by atoms with Gasteiger partial charge in [-0.3, -0.25) is 14.5 Å². The second kappa shape index (κ2) is 10.0. The van der Waals surface area contributed by atoms with Gasteiger partial charge in [-0.25, -0.2) is 0 Å². The molecule has 34 heavy (non-hydrogen) atoms. The Morgan fingerprint density at radius 2 is 1.59 bits per heavy atom. The molecule has 0 aromatic heterocycles. The number of hydrogen-bond acceptors (Lipinski definition) is 4. The standard InChI is InChI=1S/C28H20INO3S/c29-23-14-12-19(13-15-23)18-33-25-11-4-2-7-21(25)16-26-27(31)30(28(32)34-26)17-22-9-5-8-20-6-1-3-10-24(20)22/h1-16H,17-18H2/b26-16+. The molecule has 4 aromatic carbocycles. The Balaban J connectivity index is 1.36. The SMILES string of the molecule is O=C1S/C(=C/c2ccccc2OCc2ccc(I)cc2)C(=O)N1Cc1cccc2ccccc12. The van der Waals surface area contributed by atoms with E-state index in [4.69, 9.17) is 4.74 Å². The van der Waals surface area contributed by atoms with Crippen LogP contribution in [0.25, 0.3) is 16.8 Å². The molecule has 6 heteroatoms. The number of benzene rings is 4. The molecule has 1 aliphatic heterocycles. The smallest absolute Gasteiger partial charge is 0.293 e. The summed E-state index contributed by atoms with van der Waals surface area (Å²) in [6.07, 6.45) is 1.75. The molecule has 5 rings (SSSR count). The van der Waals surface area contributed by atoms with Gasteiger partial charge in [-0.15, -0.1) is 0 Å². The zero-order valence-corrected chi connectivity index (χ0v) is 21.1. The molecule has 0 atom stereocenters. The summed E-state index contributed by atoms with van der Waals surface area (Å²) in [6.45, 7) is 0.665. The van der Waals surface area contributed by atoms with Crippen LogP contribution in [0.3, 0.4) is 0 Å². The number of para-hydroxylation sites is 1. The van der Waals surface area contributed by atoms with Gasteiger partial charge in [0.1, 0.15) is 12.4 Å². The first-order chi connectivity index (χ1) is 16.6. The maximum atomic E-state index is 13.2. The van der Waals surface area contributed by atoms with Gasteiger partial charge in [0.2, 0.25) is 0 Å². The minimum Gasteiger partial charge on any atom is -0.488 e. The lowest BCUT2D eigenvalue weighted by molar-refractivity contribution is -0.123. The van der Waals surface area contributed by atoms with E-state index in [1.807, 2.05) is 91.0 Å². The van der Waals surface area contributed by atoms with Crippen LogP contribution in [0, 0.1) is 3.57 Å². The van der Waals surface area contributed by atoms with Crippen molar-refractivity contribution in [2.45, 2.75) is 13.2 Å². The van der Waals surface area contributed by atoms with E-state index in [1.54, 1.807) is 6.08 Å². The van der Waals surface area contributed by atoms with Crippen molar-refractivity contribution < 1.29 is 14.3 Å². The minimum atomic E-state index is -0.282. The summed E-state index contributed by atoms with van der Waals surface area (Å²) < 4.78 is 7.21. The van der Waals surface area contributed by atoms with Gasteiger partial charge >= 0.3 is 0 Å². The second-order valence-electron chi connectivity index (χ2n) is 7.86. The zero-order valence-electron chi connectivity index (χ0n) is 18.1. The lowest BCUT2D eigenvalue weighted by atomic mass is 10.0. The molecular formula is C28H20INO3S. The molecule has 2 amide bonds. The van der Waals surface area contributed by atoms with Crippen molar-refractivity contribution in [3.8, 4) is 5.75 Å². The van der Waals surface area contributed by atoms with Gasteiger partial charge in [0.25, 0.3) is 11.1 Å². The van der Waals surface area contributed by atoms with E-state index in [2.05, 4.69) is 22.6 Å². The summed E-state index contributed by atoms with van der Waals surface area (Å²) in [5, 5.41) is 1.87. The van der Waals surface area contributed by atoms with Crippen LogP contribution in [-0.2, 0) is 17.9 Å². The molecule has 1 fully saturated rings. The molecule has 4 nitrogen and oxygen atoms in total. The topological polar surface area (TPSA) is 46.6 Å². The number of carbonyl (C=O) groups excluding carboxylic acids is 2. The number of imide groups is 1. The third-order valence-electron chi connectivity index (χ3n) is 5.60. The third-order valence-corrected chi connectivity index (χ3v) is 7.22. The molecule has 1 aliphatic rings. The predicted molar refractivity (Wildman–Crippen MR) is 145 cm³/mol. The van der Waals surface area contributed by atoms with Gasteiger partial charge in [0.05, 0.1) is 11.4 Å². The largest absolute Gasteiger partial charge is 0.488 e. The number of halogens is 1. The molecule has 0 radical (unpaired) electrons. The van der Waals surface area contributed by atoms with E-state index in [9.17, 15) is 9.59 Å². The van der Waals surface area contributed by atoms with E-state index >= 15 is 0 Å². The fraction of sp³-hybridized carbons (Fsp3) is 0.0714. The van der Waals surface area contributed by atoms with E-state index in [0.717, 1.165) is 39.2 Å². The van der Waals surface area contributed by atoms with Crippen LogP contribution in [0.5, 0.6) is 5.75 Å². The fourth-order valence-electron chi connectivity index (χ4n) is 3.85. The number of thioether (sulfide) groups is 1. The molecule has 0 aliphatic carbocycles. The van der Waals surface area contributed by atoms with Crippen molar-refractivity contribution in [3.05, 3.63) is 116 Å². The quantitative estimate of drug-likeness (QED) is 0.179. The van der Waals surface area contributed by atoms with Crippen LogP contribution in [0.1, 0.15) is 16.7 Å². The lowest BCUT2D eigenvalue weighted by Gasteiger charge is -2.14. The first kappa shape index (κ1) is 22.7. The lowest BCUT2D eigenvalue weighted by Crippen LogP contribution is -2.27. The molecule has 0 unspecified atom stereocenters. The van der Waals surface area contributed by atoms with Crippen LogP contribution < -0.4 is 4.74 Å². The van der Waals surface area contributed by atoms with E-state index < -0.39 is 0 Å². The number of ether oxygens (including phenoxy) is 1. The van der Waals surface area contributed by atoms with Crippen LogP contribution in [-0.4, -0.2) is 16.0 Å². The molecule has 168 valence electrons. The molecule has 4 aromatic rings. The first-order valence-electron chi connectivity index (χ1n) is 10.8. The third kappa shape index (κ3) is 4.88. The van der Waals surface area contributed by atoms with E-state index in [-0.39, 0.29) is 17.7 Å². The number of amides is 2. The molecule has 1 saturated heterocycles. The van der Waals surface area contributed by atoms with Gasteiger partial charge in [-0.1, -0.05) is 72.8 Å². The van der Waals surface area contributed by atoms with Gasteiger partial charge in [0, 0.05) is 9.13 Å². The Hall–Kier alpha value is -3.10. The highest BCUT2D eigenvalue weighted by atomic mass is 127. The molecule has 0 bridgehead atoms. The Labute approximate surface area is 215 Å². The van der Waals surface area contributed by atoms with Gasteiger partial charge in [0.15, 0.2) is 0 Å². The number of rotatable bonds is 6. The highest BCUT2D eigenvalue weighted by Crippen LogP contribution is 2.35. The van der Waals surface area contributed by atoms with Crippen molar-refractivity contribution in [2.75, 3.05) is 0 Å². The van der Waals surface area contributed by atoms with Gasteiger partial charge < -0.3 is 4.74 Å². The molecule has 1 heterocycles. The van der Waals surface area contributed by atoms with Gasteiger partial charge in [-0.2, -0.15) is 0 Å². The number of hydrogen-bond donors (Lipinski definition) is 0. The fourth-order valence-corrected chi connectivity index (χ4v) is 5.04. The van der Waals surface area contributed by atoms with Crippen LogP contribution in [0.2, 0.25) is 0 Å². The van der Waals surface area contributed by atoms with Crippen LogP contribution >= 0.6 is 34.4 Å². The average Bonchev–Trinajstić information content (AvgIpc) is 3.12. The van der Waals surface area contributed by atoms with Crippen molar-refractivity contribution in [3.63, 3.8) is 0 Å². The zero-order chi connectivity index (χ0) is 23.5. The molecule has 0 saturated carbocycles. The van der Waals surface area contributed by atoms with Crippen molar-refractivity contribution in [1.82, 2.24) is 4.90 Å². The maximum Gasteiger partial charge on any atom is 0.293 e. The average molecular weight is 577 g/mol. The summed E-state index contributed by atoms with van der Waals surface area (Å²) in [5.41, 5.74) is 2.78. The predicted octanol–water partition coefficient (Wildman–Crippen LogP) is 7.26. The Kier molecular flexibility index (Phi) is 6.69. The summed E-state index contributed by atoms with van der Waals surface area (Å²) in [4.78, 5) is 27.6. The normalized spacial score (nSPS) is 14.9. The highest BCUT2D eigenvalue weighted by Gasteiger charge is 2.35. The van der Waals surface area contributed by atoms with Crippen molar-refractivity contribution >= 4 is 62.3 Å². The number of carbonyl (C=O) groups is 2. The summed E-state index contributed by atoms with van der Waals surface area (Å²) in [6, 6.07) is 29.6. The van der Waals surface area contributed by atoms with E-state index in [1.165, 1.54) is 8.47 Å². The summed E-state index contributed by atoms with van der Waals surface area (Å²) in [7, 11) is 0.